The highest BCUT2D eigenvalue weighted by molar-refractivity contribution is 7.90. The number of hydrogen-bond donors (Lipinski definition) is 1. The van der Waals surface area contributed by atoms with Crippen LogP contribution in [0, 0.1) is 0 Å². The molecule has 0 atom stereocenters. The average Bonchev–Trinajstić information content (AvgIpc) is 2.78. The SMILES string of the molecule is CS(=O)(=O)c1ccc(NCc2nccs2)cn1. The van der Waals surface area contributed by atoms with Gasteiger partial charge in [0.1, 0.15) is 5.01 Å². The van der Waals surface area contributed by atoms with Gasteiger partial charge in [0, 0.05) is 17.8 Å². The maximum absolute atomic E-state index is 11.2. The van der Waals surface area contributed by atoms with E-state index >= 15 is 0 Å². The average molecular weight is 269 g/mol. The number of hydrogen-bond acceptors (Lipinski definition) is 6. The smallest absolute Gasteiger partial charge is 0.192 e. The highest BCUT2D eigenvalue weighted by Crippen LogP contribution is 2.12. The molecule has 0 amide bonds. The molecule has 0 aliphatic heterocycles. The van der Waals surface area contributed by atoms with E-state index in [0.717, 1.165) is 17.0 Å². The summed E-state index contributed by atoms with van der Waals surface area (Å²) in [5.41, 5.74) is 0.771. The second kappa shape index (κ2) is 4.80. The van der Waals surface area contributed by atoms with Gasteiger partial charge >= 0.3 is 0 Å². The van der Waals surface area contributed by atoms with Gasteiger partial charge in [0.05, 0.1) is 18.4 Å². The van der Waals surface area contributed by atoms with E-state index in [2.05, 4.69) is 15.3 Å². The molecule has 0 aliphatic carbocycles. The second-order valence-electron chi connectivity index (χ2n) is 3.44. The van der Waals surface area contributed by atoms with Crippen LogP contribution in [-0.4, -0.2) is 24.6 Å². The van der Waals surface area contributed by atoms with Crippen LogP contribution >= 0.6 is 11.3 Å². The fourth-order valence-electron chi connectivity index (χ4n) is 1.22. The summed E-state index contributed by atoms with van der Waals surface area (Å²) < 4.78 is 22.4. The van der Waals surface area contributed by atoms with Crippen LogP contribution in [-0.2, 0) is 16.4 Å². The normalized spacial score (nSPS) is 11.4. The van der Waals surface area contributed by atoms with Gasteiger partial charge < -0.3 is 5.32 Å². The molecule has 0 saturated heterocycles. The maximum Gasteiger partial charge on any atom is 0.192 e. The fraction of sp³-hybridized carbons (Fsp3) is 0.200. The fourth-order valence-corrected chi connectivity index (χ4v) is 2.34. The van der Waals surface area contributed by atoms with E-state index in [1.807, 2.05) is 5.38 Å². The Morgan fingerprint density at radius 2 is 2.18 bits per heavy atom. The first-order valence-electron chi connectivity index (χ1n) is 4.84. The van der Waals surface area contributed by atoms with Crippen molar-refractivity contribution in [3.8, 4) is 0 Å². The van der Waals surface area contributed by atoms with Crippen LogP contribution in [0.3, 0.4) is 0 Å². The molecule has 0 aromatic carbocycles. The molecule has 0 saturated carbocycles. The van der Waals surface area contributed by atoms with E-state index in [1.165, 1.54) is 12.3 Å². The molecule has 2 aromatic heterocycles. The van der Waals surface area contributed by atoms with Gasteiger partial charge in [-0.15, -0.1) is 11.3 Å². The number of sulfone groups is 1. The van der Waals surface area contributed by atoms with Crippen LogP contribution in [0.15, 0.2) is 34.9 Å². The zero-order valence-corrected chi connectivity index (χ0v) is 10.8. The topological polar surface area (TPSA) is 72.0 Å². The third-order valence-electron chi connectivity index (χ3n) is 2.04. The van der Waals surface area contributed by atoms with E-state index in [-0.39, 0.29) is 5.03 Å². The van der Waals surface area contributed by atoms with Crippen LogP contribution in [0.5, 0.6) is 0 Å². The lowest BCUT2D eigenvalue weighted by molar-refractivity contribution is 0.598. The van der Waals surface area contributed by atoms with Gasteiger partial charge in [-0.1, -0.05) is 0 Å². The zero-order valence-electron chi connectivity index (χ0n) is 9.12. The lowest BCUT2D eigenvalue weighted by Crippen LogP contribution is -2.03. The van der Waals surface area contributed by atoms with Crippen molar-refractivity contribution in [2.45, 2.75) is 11.6 Å². The summed E-state index contributed by atoms with van der Waals surface area (Å²) in [4.78, 5) is 8.01. The molecule has 2 heterocycles. The van der Waals surface area contributed by atoms with Gasteiger partial charge in [0.2, 0.25) is 0 Å². The quantitative estimate of drug-likeness (QED) is 0.911. The molecular formula is C10H11N3O2S2. The Morgan fingerprint density at radius 1 is 1.35 bits per heavy atom. The van der Waals surface area contributed by atoms with Crippen molar-refractivity contribution in [1.29, 1.82) is 0 Å². The monoisotopic (exact) mass is 269 g/mol. The van der Waals surface area contributed by atoms with Crippen molar-refractivity contribution >= 4 is 26.9 Å². The molecule has 0 spiro atoms. The van der Waals surface area contributed by atoms with Crippen LogP contribution < -0.4 is 5.32 Å². The van der Waals surface area contributed by atoms with Crippen molar-refractivity contribution in [3.05, 3.63) is 34.9 Å². The minimum Gasteiger partial charge on any atom is -0.377 e. The molecule has 5 nitrogen and oxygen atoms in total. The Hall–Kier alpha value is -1.47. The van der Waals surface area contributed by atoms with Crippen LogP contribution in [0.2, 0.25) is 0 Å². The standard InChI is InChI=1S/C10H11N3O2S2/c1-17(14,15)10-3-2-8(6-13-10)12-7-9-11-4-5-16-9/h2-6,12H,7H2,1H3. The maximum atomic E-state index is 11.2. The van der Waals surface area contributed by atoms with E-state index in [0.29, 0.717) is 6.54 Å². The Balaban J connectivity index is 2.04. The van der Waals surface area contributed by atoms with Crippen molar-refractivity contribution < 1.29 is 8.42 Å². The van der Waals surface area contributed by atoms with Crippen LogP contribution in [0.1, 0.15) is 5.01 Å². The summed E-state index contributed by atoms with van der Waals surface area (Å²) in [5, 5.41) is 6.07. The largest absolute Gasteiger partial charge is 0.377 e. The molecule has 2 aromatic rings. The predicted octanol–water partition coefficient (Wildman–Crippen LogP) is 1.55. The van der Waals surface area contributed by atoms with Crippen molar-refractivity contribution in [3.63, 3.8) is 0 Å². The Labute approximate surface area is 103 Å². The Morgan fingerprint density at radius 3 is 2.71 bits per heavy atom. The minimum atomic E-state index is -3.23. The number of thiazole rings is 1. The molecule has 0 fully saturated rings. The minimum absolute atomic E-state index is 0.0808. The molecule has 2 rings (SSSR count). The van der Waals surface area contributed by atoms with Crippen molar-refractivity contribution in [1.82, 2.24) is 9.97 Å². The number of anilines is 1. The van der Waals surface area contributed by atoms with Gasteiger partial charge in [-0.25, -0.2) is 18.4 Å². The van der Waals surface area contributed by atoms with Crippen LogP contribution in [0.25, 0.3) is 0 Å². The highest BCUT2D eigenvalue weighted by Gasteiger charge is 2.07. The first kappa shape index (κ1) is 12.0. The number of pyridine rings is 1. The Bertz CT molecular complexity index is 577. The van der Waals surface area contributed by atoms with Gasteiger partial charge in [0.25, 0.3) is 0 Å². The summed E-state index contributed by atoms with van der Waals surface area (Å²) in [6.45, 7) is 0.609. The van der Waals surface area contributed by atoms with E-state index in [1.54, 1.807) is 23.6 Å². The highest BCUT2D eigenvalue weighted by atomic mass is 32.2. The van der Waals surface area contributed by atoms with Gasteiger partial charge in [0.15, 0.2) is 14.9 Å². The molecular weight excluding hydrogens is 258 g/mol. The number of nitrogens with zero attached hydrogens (tertiary/aromatic N) is 2. The van der Waals surface area contributed by atoms with Crippen molar-refractivity contribution in [2.75, 3.05) is 11.6 Å². The molecule has 0 radical (unpaired) electrons. The summed E-state index contributed by atoms with van der Waals surface area (Å²) in [7, 11) is -3.23. The molecule has 7 heteroatoms. The number of nitrogens with one attached hydrogen (secondary N) is 1. The third-order valence-corrected chi connectivity index (χ3v) is 3.82. The molecule has 17 heavy (non-hydrogen) atoms. The molecule has 0 unspecified atom stereocenters. The summed E-state index contributed by atoms with van der Waals surface area (Å²) in [6.07, 6.45) is 4.38. The molecule has 1 N–H and O–H groups in total. The van der Waals surface area contributed by atoms with E-state index in [9.17, 15) is 8.42 Å². The van der Waals surface area contributed by atoms with E-state index in [4.69, 9.17) is 0 Å². The van der Waals surface area contributed by atoms with Gasteiger partial charge in [-0.05, 0) is 12.1 Å². The Kier molecular flexibility index (Phi) is 3.39. The molecule has 90 valence electrons. The predicted molar refractivity (Wildman–Crippen MR) is 66.8 cm³/mol. The summed E-state index contributed by atoms with van der Waals surface area (Å²) >= 11 is 1.56. The number of aromatic nitrogens is 2. The third kappa shape index (κ3) is 3.24. The zero-order chi connectivity index (χ0) is 12.3. The lowest BCUT2D eigenvalue weighted by atomic mass is 10.4. The second-order valence-corrected chi connectivity index (χ2v) is 6.38. The summed E-state index contributed by atoms with van der Waals surface area (Å²) in [5.74, 6) is 0. The first-order valence-corrected chi connectivity index (χ1v) is 7.61. The van der Waals surface area contributed by atoms with Crippen molar-refractivity contribution in [2.24, 2.45) is 0 Å². The molecule has 0 bridgehead atoms. The molecule has 0 aliphatic rings. The van der Waals surface area contributed by atoms with Gasteiger partial charge in [-0.2, -0.15) is 0 Å². The lowest BCUT2D eigenvalue weighted by Gasteiger charge is -2.04. The number of rotatable bonds is 4. The van der Waals surface area contributed by atoms with E-state index < -0.39 is 9.84 Å². The summed E-state index contributed by atoms with van der Waals surface area (Å²) in [6, 6.07) is 3.18. The first-order chi connectivity index (χ1) is 8.05. The van der Waals surface area contributed by atoms with Crippen LogP contribution in [0.4, 0.5) is 5.69 Å². The van der Waals surface area contributed by atoms with Gasteiger partial charge in [-0.3, -0.25) is 0 Å².